The van der Waals surface area contributed by atoms with E-state index in [1.807, 2.05) is 0 Å². The van der Waals surface area contributed by atoms with E-state index in [9.17, 15) is 0 Å². The van der Waals surface area contributed by atoms with Crippen molar-refractivity contribution in [2.45, 2.75) is 58.2 Å². The molecule has 1 N–H and O–H groups in total. The minimum Gasteiger partial charge on any atom is -0.379 e. The van der Waals surface area contributed by atoms with Gasteiger partial charge in [-0.05, 0) is 61.2 Å². The zero-order valence-electron chi connectivity index (χ0n) is 12.1. The Labute approximate surface area is 102 Å². The molecule has 0 aromatic heterocycles. The number of ether oxygens (including phenoxy) is 1. The maximum absolute atomic E-state index is 5.44. The van der Waals surface area contributed by atoms with Gasteiger partial charge in [-0.2, -0.15) is 0 Å². The van der Waals surface area contributed by atoms with Crippen LogP contribution in [0, 0.1) is 0 Å². The summed E-state index contributed by atoms with van der Waals surface area (Å²) in [7, 11) is 6.01. The zero-order chi connectivity index (χ0) is 12.8. The first-order chi connectivity index (χ1) is 7.26. The largest absolute Gasteiger partial charge is 0.379 e. The van der Waals surface area contributed by atoms with Gasteiger partial charge >= 0.3 is 0 Å². The summed E-state index contributed by atoms with van der Waals surface area (Å²) in [4.78, 5) is 2.22. The van der Waals surface area contributed by atoms with Crippen molar-refractivity contribution in [3.63, 3.8) is 0 Å². The van der Waals surface area contributed by atoms with Crippen molar-refractivity contribution in [3.8, 4) is 0 Å². The Morgan fingerprint density at radius 2 is 1.75 bits per heavy atom. The molecule has 0 aliphatic heterocycles. The minimum atomic E-state index is -0.0340. The highest BCUT2D eigenvalue weighted by Crippen LogP contribution is 2.15. The third-order valence-corrected chi connectivity index (χ3v) is 2.93. The highest BCUT2D eigenvalue weighted by Gasteiger charge is 2.20. The van der Waals surface area contributed by atoms with Gasteiger partial charge in [-0.25, -0.2) is 0 Å². The van der Waals surface area contributed by atoms with E-state index >= 15 is 0 Å². The van der Waals surface area contributed by atoms with Gasteiger partial charge in [0.1, 0.15) is 0 Å². The second kappa shape index (κ2) is 7.25. The molecule has 0 heterocycles. The summed E-state index contributed by atoms with van der Waals surface area (Å²) in [6.45, 7) is 9.88. The van der Waals surface area contributed by atoms with Crippen LogP contribution in [0.2, 0.25) is 0 Å². The highest BCUT2D eigenvalue weighted by atomic mass is 16.5. The van der Waals surface area contributed by atoms with E-state index in [0.29, 0.717) is 12.1 Å². The van der Waals surface area contributed by atoms with Crippen LogP contribution < -0.4 is 5.32 Å². The van der Waals surface area contributed by atoms with E-state index < -0.39 is 0 Å². The Balaban J connectivity index is 3.82. The van der Waals surface area contributed by atoms with Crippen LogP contribution in [-0.4, -0.2) is 50.3 Å². The topological polar surface area (TPSA) is 24.5 Å². The second-order valence-electron chi connectivity index (χ2n) is 5.73. The molecule has 2 atom stereocenters. The van der Waals surface area contributed by atoms with Crippen molar-refractivity contribution in [1.29, 1.82) is 0 Å². The Kier molecular flexibility index (Phi) is 7.20. The number of methoxy groups -OCH3 is 1. The van der Waals surface area contributed by atoms with E-state index in [-0.39, 0.29) is 5.60 Å². The molecule has 0 saturated heterocycles. The van der Waals surface area contributed by atoms with E-state index in [4.69, 9.17) is 4.74 Å². The van der Waals surface area contributed by atoms with E-state index in [2.05, 4.69) is 52.0 Å². The SMILES string of the molecule is COC(C)(C)CC(C)NC(C)CCN(C)C. The normalized spacial score (nSPS) is 16.5. The zero-order valence-corrected chi connectivity index (χ0v) is 12.1. The highest BCUT2D eigenvalue weighted by molar-refractivity contribution is 4.77. The van der Waals surface area contributed by atoms with Gasteiger partial charge in [-0.3, -0.25) is 0 Å². The third kappa shape index (κ3) is 8.08. The van der Waals surface area contributed by atoms with Crippen molar-refractivity contribution in [2.24, 2.45) is 0 Å². The van der Waals surface area contributed by atoms with E-state index in [0.717, 1.165) is 13.0 Å². The molecule has 3 heteroatoms. The first-order valence-corrected chi connectivity index (χ1v) is 6.23. The molecule has 0 aliphatic carbocycles. The number of nitrogens with one attached hydrogen (secondary N) is 1. The van der Waals surface area contributed by atoms with Gasteiger partial charge in [0.05, 0.1) is 5.60 Å². The Hall–Kier alpha value is -0.120. The van der Waals surface area contributed by atoms with Crippen LogP contribution >= 0.6 is 0 Å². The fourth-order valence-electron chi connectivity index (χ4n) is 1.90. The molecule has 0 bridgehead atoms. The summed E-state index contributed by atoms with van der Waals surface area (Å²) < 4.78 is 5.44. The summed E-state index contributed by atoms with van der Waals surface area (Å²) >= 11 is 0. The lowest BCUT2D eigenvalue weighted by molar-refractivity contribution is 0.00773. The average Bonchev–Trinajstić information content (AvgIpc) is 2.13. The molecular formula is C13H30N2O. The monoisotopic (exact) mass is 230 g/mol. The van der Waals surface area contributed by atoms with Crippen LogP contribution in [0.3, 0.4) is 0 Å². The molecule has 16 heavy (non-hydrogen) atoms. The molecule has 0 aliphatic rings. The third-order valence-electron chi connectivity index (χ3n) is 2.93. The number of hydrogen-bond donors (Lipinski definition) is 1. The Morgan fingerprint density at radius 1 is 1.19 bits per heavy atom. The summed E-state index contributed by atoms with van der Waals surface area (Å²) in [5.74, 6) is 0. The number of rotatable bonds is 8. The molecule has 0 rings (SSSR count). The van der Waals surface area contributed by atoms with Gasteiger partial charge < -0.3 is 15.0 Å². The molecule has 0 radical (unpaired) electrons. The number of hydrogen-bond acceptors (Lipinski definition) is 3. The van der Waals surface area contributed by atoms with Crippen LogP contribution in [0.1, 0.15) is 40.5 Å². The molecule has 0 aromatic rings. The Bertz CT molecular complexity index is 181. The molecule has 0 fully saturated rings. The molecule has 0 spiro atoms. The molecular weight excluding hydrogens is 200 g/mol. The summed E-state index contributed by atoms with van der Waals surface area (Å²) in [5, 5.41) is 3.62. The predicted octanol–water partition coefficient (Wildman–Crippen LogP) is 2.12. The fourth-order valence-corrected chi connectivity index (χ4v) is 1.90. The van der Waals surface area contributed by atoms with Crippen LogP contribution in [0.5, 0.6) is 0 Å². The predicted molar refractivity (Wildman–Crippen MR) is 70.9 cm³/mol. The van der Waals surface area contributed by atoms with Gasteiger partial charge in [0.2, 0.25) is 0 Å². The fraction of sp³-hybridized carbons (Fsp3) is 1.00. The maximum atomic E-state index is 5.44. The lowest BCUT2D eigenvalue weighted by Gasteiger charge is -2.29. The molecule has 2 unspecified atom stereocenters. The first kappa shape index (κ1) is 15.9. The van der Waals surface area contributed by atoms with Crippen LogP contribution in [0.15, 0.2) is 0 Å². The maximum Gasteiger partial charge on any atom is 0.0637 e. The van der Waals surface area contributed by atoms with Crippen molar-refractivity contribution < 1.29 is 4.74 Å². The van der Waals surface area contributed by atoms with Crippen molar-refractivity contribution >= 4 is 0 Å². The molecule has 0 aromatic carbocycles. The van der Waals surface area contributed by atoms with E-state index in [1.54, 1.807) is 7.11 Å². The van der Waals surface area contributed by atoms with Gasteiger partial charge in [0, 0.05) is 19.2 Å². The lowest BCUT2D eigenvalue weighted by Crippen LogP contribution is -2.41. The van der Waals surface area contributed by atoms with Crippen LogP contribution in [-0.2, 0) is 4.74 Å². The Morgan fingerprint density at radius 3 is 2.19 bits per heavy atom. The van der Waals surface area contributed by atoms with Crippen molar-refractivity contribution in [2.75, 3.05) is 27.7 Å². The second-order valence-corrected chi connectivity index (χ2v) is 5.73. The molecule has 0 saturated carbocycles. The first-order valence-electron chi connectivity index (χ1n) is 6.23. The van der Waals surface area contributed by atoms with Gasteiger partial charge in [0.25, 0.3) is 0 Å². The average molecular weight is 230 g/mol. The summed E-state index contributed by atoms with van der Waals surface area (Å²) in [6.07, 6.45) is 2.22. The lowest BCUT2D eigenvalue weighted by atomic mass is 9.99. The van der Waals surface area contributed by atoms with Crippen LogP contribution in [0.4, 0.5) is 0 Å². The molecule has 0 amide bonds. The standard InChI is InChI=1S/C13H30N2O/c1-11(8-9-15(5)6)14-12(2)10-13(3,4)16-7/h11-12,14H,8-10H2,1-7H3. The molecule has 3 nitrogen and oxygen atoms in total. The van der Waals surface area contributed by atoms with Crippen molar-refractivity contribution in [1.82, 2.24) is 10.2 Å². The molecule has 98 valence electrons. The summed E-state index contributed by atoms with van der Waals surface area (Å²) in [6, 6.07) is 1.05. The quantitative estimate of drug-likeness (QED) is 0.691. The van der Waals surface area contributed by atoms with Crippen LogP contribution in [0.25, 0.3) is 0 Å². The van der Waals surface area contributed by atoms with Gasteiger partial charge in [0.15, 0.2) is 0 Å². The smallest absolute Gasteiger partial charge is 0.0637 e. The van der Waals surface area contributed by atoms with E-state index in [1.165, 1.54) is 6.42 Å². The summed E-state index contributed by atoms with van der Waals surface area (Å²) in [5.41, 5.74) is -0.0340. The van der Waals surface area contributed by atoms with Gasteiger partial charge in [-0.15, -0.1) is 0 Å². The van der Waals surface area contributed by atoms with Crippen molar-refractivity contribution in [3.05, 3.63) is 0 Å². The van der Waals surface area contributed by atoms with Gasteiger partial charge in [-0.1, -0.05) is 0 Å². The minimum absolute atomic E-state index is 0.0340. The number of nitrogens with zero attached hydrogens (tertiary/aromatic N) is 1.